The molecule has 3 rings (SSSR count). The summed E-state index contributed by atoms with van der Waals surface area (Å²) in [5, 5.41) is 7.36. The van der Waals surface area contributed by atoms with Gasteiger partial charge in [-0.1, -0.05) is 13.0 Å². The van der Waals surface area contributed by atoms with Gasteiger partial charge < -0.3 is 10.2 Å². The minimum absolute atomic E-state index is 0.0000201. The molecule has 132 valence electrons. The maximum atomic E-state index is 12.6. The van der Waals surface area contributed by atoms with Gasteiger partial charge in [-0.2, -0.15) is 5.10 Å². The first kappa shape index (κ1) is 17.1. The van der Waals surface area contributed by atoms with E-state index in [4.69, 9.17) is 0 Å². The van der Waals surface area contributed by atoms with Crippen LogP contribution < -0.4 is 5.32 Å². The van der Waals surface area contributed by atoms with E-state index in [9.17, 15) is 9.59 Å². The first-order chi connectivity index (χ1) is 12.0. The van der Waals surface area contributed by atoms with Crippen molar-refractivity contribution >= 4 is 17.6 Å². The first-order valence-electron chi connectivity index (χ1n) is 8.49. The number of carbonyl (C=O) groups excluding carboxylic acids is 2. The molecule has 1 fully saturated rings. The number of aryl methyl sites for hydroxylation is 2. The quantitative estimate of drug-likeness (QED) is 0.897. The molecule has 1 atom stereocenters. The van der Waals surface area contributed by atoms with Gasteiger partial charge in [0.05, 0.1) is 11.6 Å². The third-order valence-corrected chi connectivity index (χ3v) is 4.64. The van der Waals surface area contributed by atoms with Gasteiger partial charge in [0.1, 0.15) is 5.82 Å². The van der Waals surface area contributed by atoms with Crippen LogP contribution in [0.1, 0.15) is 30.2 Å². The van der Waals surface area contributed by atoms with Gasteiger partial charge in [-0.25, -0.2) is 0 Å². The molecule has 2 aromatic rings. The number of likely N-dealkylation sites (tertiary alicyclic amines) is 1. The highest BCUT2D eigenvalue weighted by molar-refractivity contribution is 5.97. The second-order valence-corrected chi connectivity index (χ2v) is 6.42. The Labute approximate surface area is 147 Å². The van der Waals surface area contributed by atoms with Crippen LogP contribution in [0.3, 0.4) is 0 Å². The van der Waals surface area contributed by atoms with Gasteiger partial charge in [0.25, 0.3) is 0 Å². The summed E-state index contributed by atoms with van der Waals surface area (Å²) in [5.74, 6) is 0.235. The van der Waals surface area contributed by atoms with E-state index in [1.807, 2.05) is 33.0 Å². The Hall–Kier alpha value is -2.70. The number of anilines is 1. The number of pyridine rings is 1. The zero-order chi connectivity index (χ0) is 18.0. The summed E-state index contributed by atoms with van der Waals surface area (Å²) in [6, 6.07) is 3.77. The van der Waals surface area contributed by atoms with Gasteiger partial charge in [-0.05, 0) is 25.0 Å². The lowest BCUT2D eigenvalue weighted by molar-refractivity contribution is -0.128. The molecule has 7 heteroatoms. The highest BCUT2D eigenvalue weighted by Crippen LogP contribution is 2.24. The Morgan fingerprint density at radius 2 is 2.24 bits per heavy atom. The summed E-state index contributed by atoms with van der Waals surface area (Å²) in [7, 11) is 1.82. The van der Waals surface area contributed by atoms with Crippen LogP contribution in [-0.4, -0.2) is 38.0 Å². The van der Waals surface area contributed by atoms with Crippen molar-refractivity contribution < 1.29 is 9.59 Å². The fourth-order valence-corrected chi connectivity index (χ4v) is 3.23. The van der Waals surface area contributed by atoms with Crippen LogP contribution in [0.25, 0.3) is 0 Å². The number of rotatable bonds is 5. The third-order valence-electron chi connectivity index (χ3n) is 4.64. The predicted molar refractivity (Wildman–Crippen MR) is 93.7 cm³/mol. The van der Waals surface area contributed by atoms with Crippen LogP contribution in [0.2, 0.25) is 0 Å². The van der Waals surface area contributed by atoms with Crippen LogP contribution in [-0.2, 0) is 29.6 Å². The molecule has 1 aliphatic rings. The van der Waals surface area contributed by atoms with Crippen molar-refractivity contribution in [2.45, 2.75) is 33.2 Å². The van der Waals surface area contributed by atoms with Gasteiger partial charge in [-0.3, -0.25) is 19.3 Å². The van der Waals surface area contributed by atoms with Crippen molar-refractivity contribution in [3.8, 4) is 0 Å². The summed E-state index contributed by atoms with van der Waals surface area (Å²) in [6.45, 7) is 4.90. The summed E-state index contributed by atoms with van der Waals surface area (Å²) in [4.78, 5) is 30.6. The highest BCUT2D eigenvalue weighted by atomic mass is 16.2. The number of nitrogens with one attached hydrogen (secondary N) is 1. The van der Waals surface area contributed by atoms with Crippen LogP contribution >= 0.6 is 0 Å². The Morgan fingerprint density at radius 1 is 1.44 bits per heavy atom. The molecule has 1 N–H and O–H groups in total. The summed E-state index contributed by atoms with van der Waals surface area (Å²) < 4.78 is 1.69. The lowest BCUT2D eigenvalue weighted by Gasteiger charge is -2.16. The van der Waals surface area contributed by atoms with Gasteiger partial charge >= 0.3 is 0 Å². The van der Waals surface area contributed by atoms with Gasteiger partial charge in [0.15, 0.2) is 0 Å². The number of hydrogen-bond donors (Lipinski definition) is 1. The first-order valence-corrected chi connectivity index (χ1v) is 8.49. The predicted octanol–water partition coefficient (Wildman–Crippen LogP) is 1.67. The largest absolute Gasteiger partial charge is 0.337 e. The number of carbonyl (C=O) groups is 2. The van der Waals surface area contributed by atoms with Gasteiger partial charge in [0.2, 0.25) is 11.8 Å². The average molecular weight is 341 g/mol. The standard InChI is InChI=1S/C18H23N5O2/c1-4-15-12(2)17(22(3)21-15)20-18(25)14-8-16(24)23(11-14)10-13-6-5-7-19-9-13/h5-7,9,14H,4,8,10-11H2,1-3H3,(H,20,25). The Kier molecular flexibility index (Phi) is 4.83. The molecule has 0 radical (unpaired) electrons. The molecule has 25 heavy (non-hydrogen) atoms. The fourth-order valence-electron chi connectivity index (χ4n) is 3.23. The molecule has 1 aliphatic heterocycles. The zero-order valence-corrected chi connectivity index (χ0v) is 14.8. The maximum absolute atomic E-state index is 12.6. The van der Waals surface area contributed by atoms with Crippen molar-refractivity contribution in [2.75, 3.05) is 11.9 Å². The molecule has 0 spiro atoms. The topological polar surface area (TPSA) is 80.1 Å². The summed E-state index contributed by atoms with van der Waals surface area (Å²) >= 11 is 0. The van der Waals surface area contributed by atoms with Crippen LogP contribution in [0.15, 0.2) is 24.5 Å². The smallest absolute Gasteiger partial charge is 0.230 e. The minimum atomic E-state index is -0.344. The third kappa shape index (κ3) is 3.55. The number of nitrogens with zero attached hydrogens (tertiary/aromatic N) is 4. The number of aromatic nitrogens is 3. The number of amides is 2. The molecule has 2 aromatic heterocycles. The van der Waals surface area contributed by atoms with E-state index >= 15 is 0 Å². The zero-order valence-electron chi connectivity index (χ0n) is 14.8. The molecule has 0 saturated carbocycles. The lowest BCUT2D eigenvalue weighted by Crippen LogP contribution is -2.28. The van der Waals surface area contributed by atoms with Crippen molar-refractivity contribution in [3.63, 3.8) is 0 Å². The summed E-state index contributed by atoms with van der Waals surface area (Å²) in [5.41, 5.74) is 2.92. The van der Waals surface area contributed by atoms with E-state index in [0.29, 0.717) is 18.9 Å². The van der Waals surface area contributed by atoms with Crippen molar-refractivity contribution in [1.82, 2.24) is 19.7 Å². The van der Waals surface area contributed by atoms with E-state index in [2.05, 4.69) is 15.4 Å². The molecule has 7 nitrogen and oxygen atoms in total. The van der Waals surface area contributed by atoms with Gasteiger partial charge in [0, 0.05) is 44.5 Å². The Morgan fingerprint density at radius 3 is 2.88 bits per heavy atom. The maximum Gasteiger partial charge on any atom is 0.230 e. The van der Waals surface area contributed by atoms with Crippen molar-refractivity contribution in [3.05, 3.63) is 41.3 Å². The lowest BCUT2D eigenvalue weighted by atomic mass is 10.1. The molecular weight excluding hydrogens is 318 g/mol. The second-order valence-electron chi connectivity index (χ2n) is 6.42. The van der Waals surface area contributed by atoms with Crippen molar-refractivity contribution in [2.24, 2.45) is 13.0 Å². The molecule has 0 bridgehead atoms. The Balaban J connectivity index is 1.66. The Bertz CT molecular complexity index is 784. The van der Waals surface area contributed by atoms with Crippen LogP contribution in [0, 0.1) is 12.8 Å². The van der Waals surface area contributed by atoms with E-state index in [-0.39, 0.29) is 24.2 Å². The van der Waals surface area contributed by atoms with Crippen LogP contribution in [0.5, 0.6) is 0 Å². The second kappa shape index (κ2) is 7.04. The SMILES string of the molecule is CCc1nn(C)c(NC(=O)C2CC(=O)N(Cc3cccnc3)C2)c1C. The number of hydrogen-bond acceptors (Lipinski definition) is 4. The molecule has 1 saturated heterocycles. The van der Waals surface area contributed by atoms with Crippen molar-refractivity contribution in [1.29, 1.82) is 0 Å². The van der Waals surface area contributed by atoms with E-state index in [0.717, 1.165) is 23.2 Å². The van der Waals surface area contributed by atoms with Crippen LogP contribution in [0.4, 0.5) is 5.82 Å². The average Bonchev–Trinajstić information content (AvgIpc) is 3.10. The molecule has 2 amide bonds. The van der Waals surface area contributed by atoms with E-state index in [1.165, 1.54) is 0 Å². The monoisotopic (exact) mass is 341 g/mol. The molecule has 0 aliphatic carbocycles. The molecule has 3 heterocycles. The summed E-state index contributed by atoms with van der Waals surface area (Å²) in [6.07, 6.45) is 4.50. The molecule has 0 aromatic carbocycles. The minimum Gasteiger partial charge on any atom is -0.337 e. The fraction of sp³-hybridized carbons (Fsp3) is 0.444. The normalized spacial score (nSPS) is 17.2. The van der Waals surface area contributed by atoms with E-state index in [1.54, 1.807) is 22.0 Å². The highest BCUT2D eigenvalue weighted by Gasteiger charge is 2.34. The van der Waals surface area contributed by atoms with Gasteiger partial charge in [-0.15, -0.1) is 0 Å². The molecule has 1 unspecified atom stereocenters. The van der Waals surface area contributed by atoms with E-state index < -0.39 is 0 Å². The molecular formula is C18H23N5O2.